The first-order valence-electron chi connectivity index (χ1n) is 4.55. The smallest absolute Gasteiger partial charge is 0.304 e. The van der Waals surface area contributed by atoms with Crippen LogP contribution in [0.1, 0.15) is 19.3 Å². The van der Waals surface area contributed by atoms with E-state index < -0.39 is 5.97 Å². The maximum atomic E-state index is 10.2. The van der Waals surface area contributed by atoms with Crippen molar-refractivity contribution < 1.29 is 9.90 Å². The number of rotatable bonds is 8. The van der Waals surface area contributed by atoms with Gasteiger partial charge in [-0.2, -0.15) is 0 Å². The van der Waals surface area contributed by atoms with Gasteiger partial charge >= 0.3 is 5.97 Å². The van der Waals surface area contributed by atoms with Crippen LogP contribution in [0.4, 0.5) is 0 Å². The van der Waals surface area contributed by atoms with E-state index in [-0.39, 0.29) is 49.7 Å². The van der Waals surface area contributed by atoms with E-state index in [1.807, 2.05) is 0 Å². The summed E-state index contributed by atoms with van der Waals surface area (Å²) in [6.07, 6.45) is 1.69. The third-order valence-corrected chi connectivity index (χ3v) is 1.69. The van der Waals surface area contributed by atoms with E-state index in [1.165, 1.54) is 0 Å². The first kappa shape index (κ1) is 25.2. The molecule has 0 saturated heterocycles. The largest absolute Gasteiger partial charge is 0.481 e. The normalized spacial score (nSPS) is 10.4. The Morgan fingerprint density at radius 1 is 1.25 bits per heavy atom. The molecule has 0 amide bonds. The van der Waals surface area contributed by atoms with Crippen LogP contribution in [0.25, 0.3) is 0 Å². The number of halogens is 3. The van der Waals surface area contributed by atoms with Crippen LogP contribution in [0.3, 0.4) is 0 Å². The lowest BCUT2D eigenvalue weighted by molar-refractivity contribution is -0.137. The Balaban J connectivity index is -0.000000240. The van der Waals surface area contributed by atoms with Crippen molar-refractivity contribution in [2.24, 2.45) is 11.5 Å². The monoisotopic (exact) mass is 297 g/mol. The van der Waals surface area contributed by atoms with Gasteiger partial charge in [-0.3, -0.25) is 4.79 Å². The molecule has 0 aromatic heterocycles. The van der Waals surface area contributed by atoms with Crippen LogP contribution in [-0.4, -0.2) is 36.8 Å². The summed E-state index contributed by atoms with van der Waals surface area (Å²) in [6, 6.07) is -0.225. The van der Waals surface area contributed by atoms with Crippen molar-refractivity contribution >= 4 is 43.2 Å². The number of nitrogens with one attached hydrogen (secondary N) is 1. The molecule has 1 unspecified atom stereocenters. The first-order chi connectivity index (χ1) is 6.16. The zero-order valence-electron chi connectivity index (χ0n) is 9.05. The van der Waals surface area contributed by atoms with Crippen molar-refractivity contribution in [1.29, 1.82) is 0 Å². The highest BCUT2D eigenvalue weighted by Crippen LogP contribution is 1.97. The van der Waals surface area contributed by atoms with Gasteiger partial charge in [-0.1, -0.05) is 0 Å². The van der Waals surface area contributed by atoms with Gasteiger partial charge in [0.15, 0.2) is 0 Å². The molecule has 0 aliphatic rings. The van der Waals surface area contributed by atoms with E-state index >= 15 is 0 Å². The van der Waals surface area contributed by atoms with Crippen molar-refractivity contribution in [3.63, 3.8) is 0 Å². The minimum Gasteiger partial charge on any atom is -0.481 e. The highest BCUT2D eigenvalue weighted by Gasteiger charge is 2.06. The van der Waals surface area contributed by atoms with Gasteiger partial charge in [-0.15, -0.1) is 37.2 Å². The van der Waals surface area contributed by atoms with Gasteiger partial charge in [-0.05, 0) is 19.4 Å². The number of aliphatic carboxylic acids is 1. The topological polar surface area (TPSA) is 101 Å². The summed E-state index contributed by atoms with van der Waals surface area (Å²) in [5.41, 5.74) is 10.8. The number of hydrogen-bond donors (Lipinski definition) is 4. The summed E-state index contributed by atoms with van der Waals surface area (Å²) in [4.78, 5) is 10.2. The average molecular weight is 299 g/mol. The van der Waals surface area contributed by atoms with E-state index in [2.05, 4.69) is 5.32 Å². The second kappa shape index (κ2) is 17.6. The molecular weight excluding hydrogens is 276 g/mol. The maximum Gasteiger partial charge on any atom is 0.304 e. The zero-order valence-corrected chi connectivity index (χ0v) is 11.5. The molecule has 0 rings (SSSR count). The van der Waals surface area contributed by atoms with Gasteiger partial charge in [0, 0.05) is 19.1 Å². The maximum absolute atomic E-state index is 10.2. The fourth-order valence-electron chi connectivity index (χ4n) is 1.04. The van der Waals surface area contributed by atoms with Crippen LogP contribution in [0.2, 0.25) is 0 Å². The lowest BCUT2D eigenvalue weighted by Crippen LogP contribution is -2.27. The summed E-state index contributed by atoms with van der Waals surface area (Å²) < 4.78 is 0. The van der Waals surface area contributed by atoms with E-state index in [0.29, 0.717) is 6.54 Å². The summed E-state index contributed by atoms with van der Waals surface area (Å²) in [5, 5.41) is 11.5. The van der Waals surface area contributed by atoms with Crippen molar-refractivity contribution in [2.45, 2.75) is 25.3 Å². The van der Waals surface area contributed by atoms with Crippen LogP contribution < -0.4 is 16.8 Å². The number of nitrogens with two attached hydrogens (primary N) is 2. The van der Waals surface area contributed by atoms with Crippen LogP contribution in [-0.2, 0) is 4.79 Å². The summed E-state index contributed by atoms with van der Waals surface area (Å²) in [5.74, 6) is -0.831. The number of carboxylic acids is 1. The minimum atomic E-state index is -0.831. The second-order valence-corrected chi connectivity index (χ2v) is 3.04. The molecule has 0 bridgehead atoms. The summed E-state index contributed by atoms with van der Waals surface area (Å²) >= 11 is 0. The lowest BCUT2D eigenvalue weighted by Gasteiger charge is -2.08. The standard InChI is InChI=1S/C8H19N3O2.3ClH/c9-3-5-11-4-1-2-7(10)6-8(12)13;;;/h7,11H,1-6,9-10H2,(H,12,13);3*1H. The minimum absolute atomic E-state index is 0. The molecule has 102 valence electrons. The Hall–Kier alpha value is 0.220. The molecule has 1 atom stereocenters. The molecule has 0 aromatic rings. The molecule has 0 fully saturated rings. The predicted octanol–water partition coefficient (Wildman–Crippen LogP) is 0.382. The third kappa shape index (κ3) is 19.7. The molecule has 0 aliphatic heterocycles. The lowest BCUT2D eigenvalue weighted by atomic mass is 10.1. The molecule has 5 nitrogen and oxygen atoms in total. The van der Waals surface area contributed by atoms with Gasteiger partial charge in [0.25, 0.3) is 0 Å². The molecule has 8 heteroatoms. The Bertz CT molecular complexity index is 152. The molecule has 0 spiro atoms. The van der Waals surface area contributed by atoms with Crippen molar-refractivity contribution in [1.82, 2.24) is 5.32 Å². The van der Waals surface area contributed by atoms with Crippen molar-refractivity contribution in [2.75, 3.05) is 19.6 Å². The van der Waals surface area contributed by atoms with Crippen LogP contribution in [0.15, 0.2) is 0 Å². The Labute approximate surface area is 115 Å². The zero-order chi connectivity index (χ0) is 10.1. The van der Waals surface area contributed by atoms with Crippen molar-refractivity contribution in [3.05, 3.63) is 0 Å². The highest BCUT2D eigenvalue weighted by atomic mass is 35.5. The molecule has 6 N–H and O–H groups in total. The molecule has 0 radical (unpaired) electrons. The van der Waals surface area contributed by atoms with Crippen LogP contribution >= 0.6 is 37.2 Å². The number of hydrogen-bond acceptors (Lipinski definition) is 4. The first-order valence-corrected chi connectivity index (χ1v) is 4.55. The van der Waals surface area contributed by atoms with Gasteiger partial charge in [0.1, 0.15) is 0 Å². The van der Waals surface area contributed by atoms with E-state index in [1.54, 1.807) is 0 Å². The Morgan fingerprint density at radius 3 is 2.25 bits per heavy atom. The Morgan fingerprint density at radius 2 is 1.81 bits per heavy atom. The van der Waals surface area contributed by atoms with Gasteiger partial charge < -0.3 is 21.9 Å². The quantitative estimate of drug-likeness (QED) is 0.485. The van der Waals surface area contributed by atoms with Crippen LogP contribution in [0, 0.1) is 0 Å². The van der Waals surface area contributed by atoms with E-state index in [0.717, 1.165) is 25.9 Å². The van der Waals surface area contributed by atoms with E-state index in [9.17, 15) is 4.79 Å². The van der Waals surface area contributed by atoms with Crippen molar-refractivity contribution in [3.8, 4) is 0 Å². The van der Waals surface area contributed by atoms with Gasteiger partial charge in [-0.25, -0.2) is 0 Å². The van der Waals surface area contributed by atoms with Gasteiger partial charge in [0.2, 0.25) is 0 Å². The molecule has 0 heterocycles. The fourth-order valence-corrected chi connectivity index (χ4v) is 1.04. The summed E-state index contributed by atoms with van der Waals surface area (Å²) in [7, 11) is 0. The second-order valence-electron chi connectivity index (χ2n) is 3.04. The molecular formula is C8H22Cl3N3O2. The molecule has 16 heavy (non-hydrogen) atoms. The predicted molar refractivity (Wildman–Crippen MR) is 73.1 cm³/mol. The molecule has 0 aromatic carbocycles. The SMILES string of the molecule is Cl.Cl.Cl.NCCNCCCC(N)CC(=O)O. The molecule has 0 aliphatic carbocycles. The third-order valence-electron chi connectivity index (χ3n) is 1.69. The fraction of sp³-hybridized carbons (Fsp3) is 0.875. The summed E-state index contributed by atoms with van der Waals surface area (Å²) in [6.45, 7) is 2.28. The number of carboxylic acid groups (broad SMARTS) is 1. The Kier molecular flexibility index (Phi) is 27.7. The molecule has 0 saturated carbocycles. The number of carbonyl (C=O) groups is 1. The van der Waals surface area contributed by atoms with Gasteiger partial charge in [0.05, 0.1) is 6.42 Å². The van der Waals surface area contributed by atoms with E-state index in [4.69, 9.17) is 16.6 Å². The highest BCUT2D eigenvalue weighted by molar-refractivity contribution is 5.86. The van der Waals surface area contributed by atoms with Crippen LogP contribution in [0.5, 0.6) is 0 Å². The average Bonchev–Trinajstić information content (AvgIpc) is 2.02.